The molecule has 1 heterocycles. The summed E-state index contributed by atoms with van der Waals surface area (Å²) in [5.74, 6) is 0. The minimum absolute atomic E-state index is 0.264. The average molecular weight is 304 g/mol. The fourth-order valence-electron chi connectivity index (χ4n) is 2.53. The predicted molar refractivity (Wildman–Crippen MR) is 78.3 cm³/mol. The van der Waals surface area contributed by atoms with Crippen LogP contribution in [0.1, 0.15) is 12.8 Å². The Kier molecular flexibility index (Phi) is 9.07. The molecular weight excluding hydrogens is 276 g/mol. The minimum Gasteiger partial charge on any atom is -0.379 e. The summed E-state index contributed by atoms with van der Waals surface area (Å²) in [5.41, 5.74) is 0. The third kappa shape index (κ3) is 5.02. The molecule has 1 saturated heterocycles. The number of hydrogen-bond acceptors (Lipinski definition) is 6. The van der Waals surface area contributed by atoms with Crippen LogP contribution in [0.5, 0.6) is 0 Å². The van der Waals surface area contributed by atoms with E-state index < -0.39 is 6.29 Å². The summed E-state index contributed by atoms with van der Waals surface area (Å²) in [6, 6.07) is 0. The molecule has 124 valence electrons. The minimum atomic E-state index is -0.506. The van der Waals surface area contributed by atoms with Crippen molar-refractivity contribution in [2.75, 3.05) is 41.7 Å². The van der Waals surface area contributed by atoms with Gasteiger partial charge < -0.3 is 28.4 Å². The summed E-state index contributed by atoms with van der Waals surface area (Å²) in [7, 11) is 6.44. The average Bonchev–Trinajstić information content (AvgIpc) is 2.52. The van der Waals surface area contributed by atoms with Gasteiger partial charge in [0.2, 0.25) is 0 Å². The molecule has 1 aliphatic rings. The highest BCUT2D eigenvalue weighted by molar-refractivity contribution is 4.92. The molecule has 0 bridgehead atoms. The molecule has 0 aromatic rings. The molecule has 0 spiro atoms. The van der Waals surface area contributed by atoms with Crippen molar-refractivity contribution >= 4 is 0 Å². The first-order chi connectivity index (χ1) is 10.2. The Morgan fingerprint density at radius 1 is 0.952 bits per heavy atom. The first-order valence-electron chi connectivity index (χ1n) is 7.18. The Hall–Kier alpha value is -0.500. The van der Waals surface area contributed by atoms with E-state index in [9.17, 15) is 0 Å². The predicted octanol–water partition coefficient (Wildman–Crippen LogP) is 1.39. The van der Waals surface area contributed by atoms with Crippen LogP contribution in [-0.4, -0.2) is 72.4 Å². The Bertz CT molecular complexity index is 285. The molecule has 0 aromatic heterocycles. The first-order valence-corrected chi connectivity index (χ1v) is 7.18. The summed E-state index contributed by atoms with van der Waals surface area (Å²) in [5, 5.41) is 0. The van der Waals surface area contributed by atoms with Gasteiger partial charge in [-0.15, -0.1) is 6.58 Å². The van der Waals surface area contributed by atoms with Crippen LogP contribution in [-0.2, 0) is 28.4 Å². The van der Waals surface area contributed by atoms with Crippen LogP contribution in [0.3, 0.4) is 0 Å². The molecule has 21 heavy (non-hydrogen) atoms. The maximum Gasteiger partial charge on any atom is 0.186 e. The molecule has 1 fully saturated rings. The van der Waals surface area contributed by atoms with Crippen LogP contribution >= 0.6 is 0 Å². The van der Waals surface area contributed by atoms with E-state index in [-0.39, 0.29) is 24.4 Å². The van der Waals surface area contributed by atoms with Crippen LogP contribution in [0.4, 0.5) is 0 Å². The van der Waals surface area contributed by atoms with Crippen LogP contribution in [0.2, 0.25) is 0 Å². The number of ether oxygens (including phenoxy) is 6. The molecule has 6 nitrogen and oxygen atoms in total. The zero-order valence-corrected chi connectivity index (χ0v) is 13.4. The van der Waals surface area contributed by atoms with E-state index >= 15 is 0 Å². The van der Waals surface area contributed by atoms with Crippen molar-refractivity contribution < 1.29 is 28.4 Å². The van der Waals surface area contributed by atoms with E-state index in [2.05, 4.69) is 6.58 Å². The maximum atomic E-state index is 5.88. The third-order valence-electron chi connectivity index (χ3n) is 3.62. The Balaban J connectivity index is 2.61. The second-order valence-electron chi connectivity index (χ2n) is 4.89. The molecule has 1 aliphatic heterocycles. The molecule has 5 atom stereocenters. The highest BCUT2D eigenvalue weighted by atomic mass is 16.7. The number of hydrogen-bond donors (Lipinski definition) is 0. The Morgan fingerprint density at radius 2 is 1.62 bits per heavy atom. The van der Waals surface area contributed by atoms with Crippen molar-refractivity contribution in [3.63, 3.8) is 0 Å². The van der Waals surface area contributed by atoms with Gasteiger partial charge in [-0.2, -0.15) is 0 Å². The lowest BCUT2D eigenvalue weighted by atomic mass is 9.98. The molecule has 0 radical (unpaired) electrons. The normalized spacial score (nSPS) is 33.0. The lowest BCUT2D eigenvalue weighted by molar-refractivity contribution is -0.308. The molecule has 1 rings (SSSR count). The molecule has 0 aliphatic carbocycles. The third-order valence-corrected chi connectivity index (χ3v) is 3.62. The number of methoxy groups -OCH3 is 4. The van der Waals surface area contributed by atoms with E-state index in [1.165, 1.54) is 0 Å². The number of unbranched alkanes of at least 4 members (excludes halogenated alkanes) is 1. The molecule has 0 N–H and O–H groups in total. The van der Waals surface area contributed by atoms with Crippen LogP contribution < -0.4 is 0 Å². The van der Waals surface area contributed by atoms with Crippen LogP contribution in [0.25, 0.3) is 0 Å². The van der Waals surface area contributed by atoms with E-state index in [4.69, 9.17) is 28.4 Å². The topological polar surface area (TPSA) is 55.4 Å². The monoisotopic (exact) mass is 304 g/mol. The van der Waals surface area contributed by atoms with Gasteiger partial charge in [-0.25, -0.2) is 0 Å². The van der Waals surface area contributed by atoms with Gasteiger partial charge in [0.1, 0.15) is 24.4 Å². The fourth-order valence-corrected chi connectivity index (χ4v) is 2.53. The lowest BCUT2D eigenvalue weighted by Crippen LogP contribution is -2.61. The van der Waals surface area contributed by atoms with Crippen molar-refractivity contribution in [2.45, 2.75) is 43.5 Å². The van der Waals surface area contributed by atoms with Gasteiger partial charge in [-0.3, -0.25) is 0 Å². The van der Waals surface area contributed by atoms with E-state index in [0.717, 1.165) is 12.8 Å². The van der Waals surface area contributed by atoms with Crippen molar-refractivity contribution in [1.82, 2.24) is 0 Å². The summed E-state index contributed by atoms with van der Waals surface area (Å²) >= 11 is 0. The molecule has 0 amide bonds. The quantitative estimate of drug-likeness (QED) is 0.449. The second kappa shape index (κ2) is 10.3. The van der Waals surface area contributed by atoms with E-state index in [0.29, 0.717) is 13.2 Å². The van der Waals surface area contributed by atoms with E-state index in [1.807, 2.05) is 6.08 Å². The maximum absolute atomic E-state index is 5.88. The summed E-state index contributed by atoms with van der Waals surface area (Å²) in [6.07, 6.45) is 2.09. The molecule has 0 aromatic carbocycles. The van der Waals surface area contributed by atoms with Gasteiger partial charge in [0, 0.05) is 35.0 Å². The number of rotatable bonds is 10. The highest BCUT2D eigenvalue weighted by Crippen LogP contribution is 2.27. The molecular formula is C15H28O6. The van der Waals surface area contributed by atoms with Crippen LogP contribution in [0, 0.1) is 0 Å². The van der Waals surface area contributed by atoms with Gasteiger partial charge in [-0.05, 0) is 12.8 Å². The second-order valence-corrected chi connectivity index (χ2v) is 4.89. The van der Waals surface area contributed by atoms with Gasteiger partial charge in [0.25, 0.3) is 0 Å². The Labute approximate surface area is 127 Å². The smallest absolute Gasteiger partial charge is 0.186 e. The molecule has 0 unspecified atom stereocenters. The first kappa shape index (κ1) is 18.5. The highest BCUT2D eigenvalue weighted by Gasteiger charge is 2.47. The largest absolute Gasteiger partial charge is 0.379 e. The van der Waals surface area contributed by atoms with Crippen LogP contribution in [0.15, 0.2) is 12.7 Å². The van der Waals surface area contributed by atoms with Gasteiger partial charge in [-0.1, -0.05) is 6.08 Å². The fraction of sp³-hybridized carbons (Fsp3) is 0.867. The van der Waals surface area contributed by atoms with Crippen molar-refractivity contribution in [3.8, 4) is 0 Å². The van der Waals surface area contributed by atoms with Gasteiger partial charge >= 0.3 is 0 Å². The SMILES string of the molecule is C=CCCCOC[C@H]1O[C@H](OC)[C@H](OC)[C@@H](OC)[C@@H]1OC. The lowest BCUT2D eigenvalue weighted by Gasteiger charge is -2.44. The van der Waals surface area contributed by atoms with Gasteiger partial charge in [0.05, 0.1) is 6.61 Å². The molecule has 6 heteroatoms. The van der Waals surface area contributed by atoms with Crippen molar-refractivity contribution in [2.24, 2.45) is 0 Å². The summed E-state index contributed by atoms with van der Waals surface area (Å²) in [4.78, 5) is 0. The summed E-state index contributed by atoms with van der Waals surface area (Å²) < 4.78 is 33.4. The zero-order valence-electron chi connectivity index (χ0n) is 13.4. The standard InChI is InChI=1S/C15H28O6/c1-6-7-8-9-20-10-11-12(16-2)13(17-3)14(18-4)15(19-5)21-11/h6,11-15H,1,7-10H2,2-5H3/t11-,12-,13+,14-,15+/m1/s1. The van der Waals surface area contributed by atoms with Gasteiger partial charge in [0.15, 0.2) is 6.29 Å². The summed E-state index contributed by atoms with van der Waals surface area (Å²) in [6.45, 7) is 4.77. The zero-order chi connectivity index (χ0) is 15.7. The van der Waals surface area contributed by atoms with Crippen molar-refractivity contribution in [3.05, 3.63) is 12.7 Å². The van der Waals surface area contributed by atoms with Crippen molar-refractivity contribution in [1.29, 1.82) is 0 Å². The van der Waals surface area contributed by atoms with E-state index in [1.54, 1.807) is 28.4 Å². The number of allylic oxidation sites excluding steroid dienone is 1. The Morgan fingerprint density at radius 3 is 2.14 bits per heavy atom. The molecule has 0 saturated carbocycles.